The molecule has 4 heteroatoms. The minimum absolute atomic E-state index is 0.573. The van der Waals surface area contributed by atoms with Gasteiger partial charge in [-0.3, -0.25) is 0 Å². The monoisotopic (exact) mass is 627 g/mol. The standard InChI is InChI=1S/C45H29N3O/c1-4-12-30(13-5-1)31-22-24-32(25-23-31)35-18-10-19-36(28-35)37-26-27-38-39-20-11-21-40(42(39)49-41(38)29-37)45-47-43(33-14-6-2-7-15-33)46-44(48-45)34-16-8-3-9-17-34/h1-29H. The third-order valence-electron chi connectivity index (χ3n) is 8.96. The molecular formula is C45H29N3O. The third-order valence-corrected chi connectivity index (χ3v) is 8.96. The van der Waals surface area contributed by atoms with Crippen molar-refractivity contribution in [1.29, 1.82) is 0 Å². The second kappa shape index (κ2) is 12.2. The fourth-order valence-electron chi connectivity index (χ4n) is 6.45. The van der Waals surface area contributed by atoms with E-state index in [1.54, 1.807) is 0 Å². The van der Waals surface area contributed by atoms with Crippen LogP contribution in [0.3, 0.4) is 0 Å². The van der Waals surface area contributed by atoms with Gasteiger partial charge in [-0.1, -0.05) is 152 Å². The molecule has 0 fully saturated rings. The lowest BCUT2D eigenvalue weighted by molar-refractivity contribution is 0.669. The number of hydrogen-bond donors (Lipinski definition) is 0. The highest BCUT2D eigenvalue weighted by Crippen LogP contribution is 2.38. The number of nitrogens with zero attached hydrogens (tertiary/aromatic N) is 3. The molecule has 0 N–H and O–H groups in total. The maximum Gasteiger partial charge on any atom is 0.167 e. The Kier molecular flexibility index (Phi) is 7.10. The van der Waals surface area contributed by atoms with E-state index in [1.807, 2.05) is 78.9 Å². The first-order valence-electron chi connectivity index (χ1n) is 16.4. The molecule has 49 heavy (non-hydrogen) atoms. The molecule has 0 saturated carbocycles. The summed E-state index contributed by atoms with van der Waals surface area (Å²) in [4.78, 5) is 14.8. The van der Waals surface area contributed by atoms with Crippen LogP contribution in [0, 0.1) is 0 Å². The van der Waals surface area contributed by atoms with Gasteiger partial charge in [-0.2, -0.15) is 0 Å². The van der Waals surface area contributed by atoms with Crippen molar-refractivity contribution in [2.24, 2.45) is 0 Å². The summed E-state index contributed by atoms with van der Waals surface area (Å²) in [5.41, 5.74) is 11.3. The van der Waals surface area contributed by atoms with Gasteiger partial charge < -0.3 is 4.42 Å². The van der Waals surface area contributed by atoms with Crippen LogP contribution in [-0.2, 0) is 0 Å². The molecule has 0 unspecified atom stereocenters. The Labute approximate surface area is 284 Å². The molecular weight excluding hydrogens is 599 g/mol. The molecule has 0 bridgehead atoms. The summed E-state index contributed by atoms with van der Waals surface area (Å²) >= 11 is 0. The molecule has 0 atom stereocenters. The highest BCUT2D eigenvalue weighted by atomic mass is 16.3. The molecule has 2 aromatic heterocycles. The molecule has 4 nitrogen and oxygen atoms in total. The zero-order chi connectivity index (χ0) is 32.6. The predicted octanol–water partition coefficient (Wildman–Crippen LogP) is 11.8. The Morgan fingerprint density at radius 3 is 1.39 bits per heavy atom. The van der Waals surface area contributed by atoms with Gasteiger partial charge in [0.15, 0.2) is 17.5 Å². The first kappa shape index (κ1) is 28.6. The van der Waals surface area contributed by atoms with Crippen LogP contribution in [0.25, 0.3) is 89.5 Å². The second-order valence-electron chi connectivity index (χ2n) is 12.1. The summed E-state index contributed by atoms with van der Waals surface area (Å²) in [5, 5.41) is 2.07. The smallest absolute Gasteiger partial charge is 0.167 e. The summed E-state index contributed by atoms with van der Waals surface area (Å²) in [6.07, 6.45) is 0. The molecule has 9 aromatic rings. The minimum atomic E-state index is 0.573. The molecule has 0 aliphatic rings. The third kappa shape index (κ3) is 5.45. The lowest BCUT2D eigenvalue weighted by Gasteiger charge is -2.08. The van der Waals surface area contributed by atoms with Gasteiger partial charge in [0, 0.05) is 21.9 Å². The van der Waals surface area contributed by atoms with Crippen molar-refractivity contribution in [3.05, 3.63) is 176 Å². The first-order chi connectivity index (χ1) is 24.3. The Morgan fingerprint density at radius 1 is 0.306 bits per heavy atom. The molecule has 0 aliphatic carbocycles. The number of aromatic nitrogens is 3. The minimum Gasteiger partial charge on any atom is -0.455 e. The fourth-order valence-corrected chi connectivity index (χ4v) is 6.45. The molecule has 0 spiro atoms. The van der Waals surface area contributed by atoms with Crippen molar-refractivity contribution in [2.45, 2.75) is 0 Å². The normalized spacial score (nSPS) is 11.3. The number of fused-ring (bicyclic) bond motifs is 3. The van der Waals surface area contributed by atoms with Crippen LogP contribution in [0.4, 0.5) is 0 Å². The Bertz CT molecular complexity index is 2520. The second-order valence-corrected chi connectivity index (χ2v) is 12.1. The Hall–Kier alpha value is -6.65. The zero-order valence-electron chi connectivity index (χ0n) is 26.5. The van der Waals surface area contributed by atoms with Crippen LogP contribution < -0.4 is 0 Å². The SMILES string of the molecule is c1ccc(-c2ccc(-c3cccc(-c4ccc5c(c4)oc4c(-c6nc(-c7ccccc7)nc(-c7ccccc7)n6)cccc45)c3)cc2)cc1. The van der Waals surface area contributed by atoms with Gasteiger partial charge in [0.25, 0.3) is 0 Å². The molecule has 0 radical (unpaired) electrons. The van der Waals surface area contributed by atoms with Gasteiger partial charge in [-0.25, -0.2) is 15.0 Å². The van der Waals surface area contributed by atoms with E-state index >= 15 is 0 Å². The molecule has 0 amide bonds. The van der Waals surface area contributed by atoms with Gasteiger partial charge in [-0.15, -0.1) is 0 Å². The highest BCUT2D eigenvalue weighted by Gasteiger charge is 2.18. The van der Waals surface area contributed by atoms with Crippen molar-refractivity contribution in [2.75, 3.05) is 0 Å². The molecule has 0 saturated heterocycles. The van der Waals surface area contributed by atoms with E-state index in [1.165, 1.54) is 22.3 Å². The maximum atomic E-state index is 6.66. The van der Waals surface area contributed by atoms with Gasteiger partial charge in [0.05, 0.1) is 5.56 Å². The largest absolute Gasteiger partial charge is 0.455 e. The number of hydrogen-bond acceptors (Lipinski definition) is 4. The van der Waals surface area contributed by atoms with Crippen molar-refractivity contribution < 1.29 is 4.42 Å². The van der Waals surface area contributed by atoms with Gasteiger partial charge in [0.2, 0.25) is 0 Å². The molecule has 9 rings (SSSR count). The topological polar surface area (TPSA) is 51.8 Å². The molecule has 0 aliphatic heterocycles. The fraction of sp³-hybridized carbons (Fsp3) is 0. The van der Waals surface area contributed by atoms with Crippen LogP contribution in [0.15, 0.2) is 180 Å². The lowest BCUT2D eigenvalue weighted by atomic mass is 9.96. The van der Waals surface area contributed by atoms with Crippen LogP contribution in [-0.4, -0.2) is 15.0 Å². The molecule has 7 aromatic carbocycles. The highest BCUT2D eigenvalue weighted by molar-refractivity contribution is 6.10. The average molecular weight is 628 g/mol. The van der Waals surface area contributed by atoms with Gasteiger partial charge in [-0.05, 0) is 57.6 Å². The van der Waals surface area contributed by atoms with Crippen LogP contribution in [0.2, 0.25) is 0 Å². The van der Waals surface area contributed by atoms with E-state index < -0.39 is 0 Å². The van der Waals surface area contributed by atoms with Crippen molar-refractivity contribution >= 4 is 21.9 Å². The van der Waals surface area contributed by atoms with E-state index in [0.29, 0.717) is 17.5 Å². The van der Waals surface area contributed by atoms with Crippen LogP contribution in [0.5, 0.6) is 0 Å². The lowest BCUT2D eigenvalue weighted by Crippen LogP contribution is -2.00. The van der Waals surface area contributed by atoms with E-state index in [4.69, 9.17) is 19.4 Å². The summed E-state index contributed by atoms with van der Waals surface area (Å²) < 4.78 is 6.66. The average Bonchev–Trinajstić information content (AvgIpc) is 3.57. The number of para-hydroxylation sites is 1. The molecule has 230 valence electrons. The zero-order valence-corrected chi connectivity index (χ0v) is 26.5. The van der Waals surface area contributed by atoms with Crippen molar-refractivity contribution in [3.8, 4) is 67.5 Å². The number of rotatable bonds is 6. The van der Waals surface area contributed by atoms with E-state index in [-0.39, 0.29) is 0 Å². The first-order valence-corrected chi connectivity index (χ1v) is 16.4. The Balaban J connectivity index is 1.11. The van der Waals surface area contributed by atoms with Gasteiger partial charge in [0.1, 0.15) is 11.2 Å². The van der Waals surface area contributed by atoms with E-state index in [2.05, 4.69) is 97.1 Å². The maximum absolute atomic E-state index is 6.66. The molecule has 2 heterocycles. The summed E-state index contributed by atoms with van der Waals surface area (Å²) in [6, 6.07) is 60.6. The number of benzene rings is 7. The Morgan fingerprint density at radius 2 is 0.755 bits per heavy atom. The van der Waals surface area contributed by atoms with Crippen molar-refractivity contribution in [1.82, 2.24) is 15.0 Å². The van der Waals surface area contributed by atoms with Crippen LogP contribution >= 0.6 is 0 Å². The summed E-state index contributed by atoms with van der Waals surface area (Å²) in [5.74, 6) is 1.81. The predicted molar refractivity (Wildman–Crippen MR) is 200 cm³/mol. The van der Waals surface area contributed by atoms with E-state index in [0.717, 1.165) is 49.8 Å². The summed E-state index contributed by atoms with van der Waals surface area (Å²) in [6.45, 7) is 0. The van der Waals surface area contributed by atoms with E-state index in [9.17, 15) is 0 Å². The van der Waals surface area contributed by atoms with Crippen molar-refractivity contribution in [3.63, 3.8) is 0 Å². The summed E-state index contributed by atoms with van der Waals surface area (Å²) in [7, 11) is 0. The number of furan rings is 1. The van der Waals surface area contributed by atoms with Gasteiger partial charge >= 0.3 is 0 Å². The van der Waals surface area contributed by atoms with Crippen LogP contribution in [0.1, 0.15) is 0 Å². The quantitative estimate of drug-likeness (QED) is 0.184.